The van der Waals surface area contributed by atoms with Crippen LogP contribution in [0.15, 0.2) is 64.0 Å². The van der Waals surface area contributed by atoms with E-state index < -0.39 is 4.92 Å². The zero-order valence-electron chi connectivity index (χ0n) is 23.7. The van der Waals surface area contributed by atoms with Crippen LogP contribution in [0.4, 0.5) is 10.5 Å². The van der Waals surface area contributed by atoms with Gasteiger partial charge in [0.1, 0.15) is 19.0 Å². The van der Waals surface area contributed by atoms with Gasteiger partial charge in [-0.3, -0.25) is 24.6 Å². The molecule has 0 N–H and O–H groups in total. The molecular weight excluding hydrogens is 624 g/mol. The van der Waals surface area contributed by atoms with Gasteiger partial charge in [0.2, 0.25) is 0 Å². The van der Waals surface area contributed by atoms with Crippen molar-refractivity contribution in [3.63, 3.8) is 0 Å². The van der Waals surface area contributed by atoms with Crippen molar-refractivity contribution in [1.82, 2.24) is 4.90 Å². The van der Waals surface area contributed by atoms with Gasteiger partial charge >= 0.3 is 0 Å². The Hall–Kier alpha value is -3.83. The van der Waals surface area contributed by atoms with Crippen molar-refractivity contribution in [2.75, 3.05) is 19.8 Å². The molecule has 0 aliphatic carbocycles. The van der Waals surface area contributed by atoms with E-state index >= 15 is 0 Å². The van der Waals surface area contributed by atoms with Crippen LogP contribution < -0.4 is 14.2 Å². The number of halogens is 1. The van der Waals surface area contributed by atoms with E-state index in [4.69, 9.17) is 14.2 Å². The van der Waals surface area contributed by atoms with E-state index in [1.54, 1.807) is 30.3 Å². The van der Waals surface area contributed by atoms with Gasteiger partial charge < -0.3 is 14.2 Å². The molecule has 11 heteroatoms. The van der Waals surface area contributed by atoms with E-state index in [1.165, 1.54) is 17.0 Å². The standard InChI is InChI=1S/C31H31BrN2O7S/c1-5-39-27-16-22(15-25(32)29(27)41-18-21-7-9-23(10-8-21)34(37)38)17-28-30(35)33(31(36)42-28)12-13-40-26-14-20(4)6-11-24(26)19(2)3/h6-11,14-17,19H,5,12-13,18H2,1-4H3/b28-17-. The van der Waals surface area contributed by atoms with Gasteiger partial charge in [0, 0.05) is 12.1 Å². The van der Waals surface area contributed by atoms with E-state index in [0.717, 1.165) is 34.2 Å². The molecule has 0 aromatic heterocycles. The maximum absolute atomic E-state index is 13.1. The van der Waals surface area contributed by atoms with Crippen molar-refractivity contribution in [2.45, 2.75) is 40.2 Å². The number of carbonyl (C=O) groups is 2. The summed E-state index contributed by atoms with van der Waals surface area (Å²) in [5.41, 5.74) is 3.55. The third-order valence-electron chi connectivity index (χ3n) is 6.40. The number of amides is 2. The van der Waals surface area contributed by atoms with E-state index in [-0.39, 0.29) is 42.5 Å². The molecule has 3 aromatic rings. The second-order valence-electron chi connectivity index (χ2n) is 9.85. The number of hydrogen-bond acceptors (Lipinski definition) is 8. The zero-order valence-corrected chi connectivity index (χ0v) is 26.1. The summed E-state index contributed by atoms with van der Waals surface area (Å²) in [6, 6.07) is 15.7. The Morgan fingerprint density at radius 1 is 1.02 bits per heavy atom. The van der Waals surface area contributed by atoms with Crippen LogP contribution in [0.5, 0.6) is 17.2 Å². The molecule has 4 rings (SSSR count). The summed E-state index contributed by atoms with van der Waals surface area (Å²) < 4.78 is 18.4. The number of non-ortho nitro benzene ring substituents is 1. The van der Waals surface area contributed by atoms with E-state index in [2.05, 4.69) is 29.8 Å². The highest BCUT2D eigenvalue weighted by atomic mass is 79.9. The molecule has 0 radical (unpaired) electrons. The van der Waals surface area contributed by atoms with E-state index in [1.807, 2.05) is 32.0 Å². The fourth-order valence-electron chi connectivity index (χ4n) is 4.28. The van der Waals surface area contributed by atoms with Crippen LogP contribution in [0.1, 0.15) is 48.9 Å². The number of imide groups is 1. The van der Waals surface area contributed by atoms with Crippen LogP contribution in [0.2, 0.25) is 0 Å². The molecule has 0 unspecified atom stereocenters. The predicted octanol–water partition coefficient (Wildman–Crippen LogP) is 7.88. The molecule has 1 aliphatic heterocycles. The largest absolute Gasteiger partial charge is 0.491 e. The van der Waals surface area contributed by atoms with Gasteiger partial charge in [0.15, 0.2) is 11.5 Å². The summed E-state index contributed by atoms with van der Waals surface area (Å²) in [6.45, 7) is 8.88. The highest BCUT2D eigenvalue weighted by Crippen LogP contribution is 2.40. The number of ether oxygens (including phenoxy) is 3. The molecule has 2 amide bonds. The SMILES string of the molecule is CCOc1cc(/C=C2\SC(=O)N(CCOc3cc(C)ccc3C(C)C)C2=O)cc(Br)c1OCc1ccc([N+](=O)[O-])cc1. The number of carbonyl (C=O) groups excluding carboxylic acids is 2. The van der Waals surface area contributed by atoms with Gasteiger partial charge in [0.05, 0.1) is 27.5 Å². The van der Waals surface area contributed by atoms with Crippen LogP contribution in [-0.4, -0.2) is 40.7 Å². The third-order valence-corrected chi connectivity index (χ3v) is 7.89. The van der Waals surface area contributed by atoms with Crippen molar-refractivity contribution in [3.05, 3.63) is 96.3 Å². The predicted molar refractivity (Wildman–Crippen MR) is 166 cm³/mol. The Morgan fingerprint density at radius 3 is 2.43 bits per heavy atom. The minimum Gasteiger partial charge on any atom is -0.491 e. The van der Waals surface area contributed by atoms with Gasteiger partial charge in [-0.1, -0.05) is 26.0 Å². The van der Waals surface area contributed by atoms with Crippen molar-refractivity contribution >= 4 is 50.6 Å². The molecule has 3 aromatic carbocycles. The Morgan fingerprint density at radius 2 is 1.76 bits per heavy atom. The molecule has 1 fully saturated rings. The minimum absolute atomic E-state index is 0.00257. The third kappa shape index (κ3) is 7.51. The van der Waals surface area contributed by atoms with Crippen LogP contribution in [0, 0.1) is 17.0 Å². The summed E-state index contributed by atoms with van der Waals surface area (Å²) in [6.07, 6.45) is 1.65. The van der Waals surface area contributed by atoms with Crippen LogP contribution >= 0.6 is 27.7 Å². The van der Waals surface area contributed by atoms with Crippen molar-refractivity contribution in [1.29, 1.82) is 0 Å². The van der Waals surface area contributed by atoms with Gasteiger partial charge in [-0.15, -0.1) is 0 Å². The molecule has 42 heavy (non-hydrogen) atoms. The monoisotopic (exact) mass is 654 g/mol. The van der Waals surface area contributed by atoms with Crippen molar-refractivity contribution < 1.29 is 28.7 Å². The second kappa shape index (κ2) is 13.9. The van der Waals surface area contributed by atoms with Gasteiger partial charge in [-0.2, -0.15) is 0 Å². The Bertz CT molecular complexity index is 1520. The second-order valence-corrected chi connectivity index (χ2v) is 11.7. The lowest BCUT2D eigenvalue weighted by molar-refractivity contribution is -0.384. The Labute approximate surface area is 257 Å². The van der Waals surface area contributed by atoms with Crippen molar-refractivity contribution in [2.24, 2.45) is 0 Å². The smallest absolute Gasteiger partial charge is 0.293 e. The summed E-state index contributed by atoms with van der Waals surface area (Å²) in [5.74, 6) is 1.56. The number of nitro groups is 1. The van der Waals surface area contributed by atoms with Crippen molar-refractivity contribution in [3.8, 4) is 17.2 Å². The molecule has 9 nitrogen and oxygen atoms in total. The number of rotatable bonds is 12. The number of hydrogen-bond donors (Lipinski definition) is 0. The first kappa shape index (κ1) is 31.1. The maximum Gasteiger partial charge on any atom is 0.293 e. The van der Waals surface area contributed by atoms with Crippen LogP contribution in [-0.2, 0) is 11.4 Å². The van der Waals surface area contributed by atoms with Gasteiger partial charge in [-0.05, 0) is 106 Å². The lowest BCUT2D eigenvalue weighted by atomic mass is 10.0. The fourth-order valence-corrected chi connectivity index (χ4v) is 5.72. The number of aryl methyl sites for hydroxylation is 1. The van der Waals surface area contributed by atoms with E-state index in [9.17, 15) is 19.7 Å². The first-order chi connectivity index (χ1) is 20.1. The molecule has 0 atom stereocenters. The molecule has 1 saturated heterocycles. The molecule has 0 spiro atoms. The number of nitro benzene ring substituents is 1. The Kier molecular flexibility index (Phi) is 10.3. The summed E-state index contributed by atoms with van der Waals surface area (Å²) in [7, 11) is 0. The molecular formula is C31H31BrN2O7S. The molecule has 220 valence electrons. The highest BCUT2D eigenvalue weighted by Gasteiger charge is 2.35. The first-order valence-electron chi connectivity index (χ1n) is 13.4. The van der Waals surface area contributed by atoms with E-state index in [0.29, 0.717) is 33.0 Å². The summed E-state index contributed by atoms with van der Waals surface area (Å²) in [4.78, 5) is 37.8. The van der Waals surface area contributed by atoms with Crippen LogP contribution in [0.3, 0.4) is 0 Å². The van der Waals surface area contributed by atoms with Gasteiger partial charge in [-0.25, -0.2) is 0 Å². The average Bonchev–Trinajstić information content (AvgIpc) is 3.20. The maximum atomic E-state index is 13.1. The summed E-state index contributed by atoms with van der Waals surface area (Å²) >= 11 is 4.41. The minimum atomic E-state index is -0.455. The lowest BCUT2D eigenvalue weighted by Crippen LogP contribution is -2.32. The summed E-state index contributed by atoms with van der Waals surface area (Å²) in [5, 5.41) is 10.6. The van der Waals surface area contributed by atoms with Crippen LogP contribution in [0.25, 0.3) is 6.08 Å². The highest BCUT2D eigenvalue weighted by molar-refractivity contribution is 9.10. The first-order valence-corrected chi connectivity index (χ1v) is 15.0. The van der Waals surface area contributed by atoms with Gasteiger partial charge in [0.25, 0.3) is 16.8 Å². The lowest BCUT2D eigenvalue weighted by Gasteiger charge is -2.17. The quantitative estimate of drug-likeness (QED) is 0.110. The molecule has 0 bridgehead atoms. The fraction of sp³-hybridized carbons (Fsp3) is 0.290. The molecule has 0 saturated carbocycles. The normalized spacial score (nSPS) is 14.1. The average molecular weight is 656 g/mol. The Balaban J connectivity index is 1.45. The number of benzene rings is 3. The molecule has 1 heterocycles. The molecule has 1 aliphatic rings. The topological polar surface area (TPSA) is 108 Å². The number of thioether (sulfide) groups is 1. The number of nitrogens with zero attached hydrogens (tertiary/aromatic N) is 2. The zero-order chi connectivity index (χ0) is 30.4.